The summed E-state index contributed by atoms with van der Waals surface area (Å²) >= 11 is 6.52. The molecule has 0 aliphatic carbocycles. The number of hydrogen-bond acceptors (Lipinski definition) is 4. The fourth-order valence-corrected chi connectivity index (χ4v) is 5.98. The van der Waals surface area contributed by atoms with Gasteiger partial charge in [-0.2, -0.15) is 0 Å². The van der Waals surface area contributed by atoms with Gasteiger partial charge in [0.2, 0.25) is 5.79 Å². The molecule has 0 bridgehead atoms. The molecule has 214 valence electrons. The van der Waals surface area contributed by atoms with E-state index < -0.39 is 11.8 Å². The zero-order valence-electron chi connectivity index (χ0n) is 23.1. The molecular weight excluding hydrogens is 555 g/mol. The molecule has 1 aliphatic rings. The third kappa shape index (κ3) is 4.99. The Morgan fingerprint density at radius 1 is 0.976 bits per heavy atom. The molecule has 6 rings (SSSR count). The SMILES string of the molecule is COc1cc(C(=O)O)ccc1Cc1cn(C(F)(c2ccccc2)c2ccccc2N2CCOCC2)c2cc(Cl)ccc12. The number of benzene rings is 4. The standard InChI is InChI=1S/C34H30ClFN2O4/c1-41-32-20-24(33(39)40)12-11-23(32)19-25-22-38(31-21-27(35)13-14-28(25)31)34(36,26-7-3-2-4-8-26)29-9-5-6-10-30(29)37-15-17-42-18-16-37/h2-14,20-22H,15-19H2,1H3,(H,39,40). The molecule has 1 N–H and O–H groups in total. The summed E-state index contributed by atoms with van der Waals surface area (Å²) in [4.78, 5) is 13.7. The van der Waals surface area contributed by atoms with Crippen LogP contribution in [0.4, 0.5) is 10.1 Å². The van der Waals surface area contributed by atoms with Gasteiger partial charge in [-0.15, -0.1) is 0 Å². The fourth-order valence-electron chi connectivity index (χ4n) is 5.81. The second-order valence-electron chi connectivity index (χ2n) is 10.3. The number of fused-ring (bicyclic) bond motifs is 1. The van der Waals surface area contributed by atoms with Crippen molar-refractivity contribution in [2.24, 2.45) is 0 Å². The first kappa shape index (κ1) is 27.8. The van der Waals surface area contributed by atoms with Crippen LogP contribution in [0.2, 0.25) is 5.02 Å². The number of carbonyl (C=O) groups is 1. The molecule has 0 saturated carbocycles. The number of aromatic carboxylic acids is 1. The fraction of sp³-hybridized carbons (Fsp3) is 0.206. The molecule has 42 heavy (non-hydrogen) atoms. The van der Waals surface area contributed by atoms with E-state index in [-0.39, 0.29) is 5.56 Å². The summed E-state index contributed by atoms with van der Waals surface area (Å²) in [7, 11) is 1.51. The lowest BCUT2D eigenvalue weighted by Gasteiger charge is -2.36. The van der Waals surface area contributed by atoms with Crippen LogP contribution in [0.1, 0.15) is 32.6 Å². The maximum absolute atomic E-state index is 18.5. The number of nitrogens with zero attached hydrogens (tertiary/aromatic N) is 2. The zero-order chi connectivity index (χ0) is 29.3. The number of rotatable bonds is 8. The second kappa shape index (κ2) is 11.5. The Kier molecular flexibility index (Phi) is 7.62. The van der Waals surface area contributed by atoms with E-state index in [4.69, 9.17) is 21.1 Å². The molecule has 1 aromatic heterocycles. The number of hydrogen-bond donors (Lipinski definition) is 1. The highest BCUT2D eigenvalue weighted by atomic mass is 35.5. The van der Waals surface area contributed by atoms with Crippen LogP contribution in [0.3, 0.4) is 0 Å². The number of methoxy groups -OCH3 is 1. The third-order valence-electron chi connectivity index (χ3n) is 7.87. The number of alkyl halides is 1. The van der Waals surface area contributed by atoms with Crippen LogP contribution in [-0.4, -0.2) is 49.1 Å². The molecular formula is C34H30ClFN2O4. The average Bonchev–Trinajstić information content (AvgIpc) is 3.39. The van der Waals surface area contributed by atoms with Gasteiger partial charge < -0.3 is 24.0 Å². The Hall–Kier alpha value is -4.33. The van der Waals surface area contributed by atoms with E-state index in [1.165, 1.54) is 13.2 Å². The van der Waals surface area contributed by atoms with E-state index in [0.717, 1.165) is 22.2 Å². The Balaban J connectivity index is 1.57. The Bertz CT molecular complexity index is 1750. The summed E-state index contributed by atoms with van der Waals surface area (Å²) in [6, 6.07) is 27.1. The first-order valence-electron chi connectivity index (χ1n) is 13.8. The van der Waals surface area contributed by atoms with Gasteiger partial charge in [0.15, 0.2) is 0 Å². The number of carboxylic acid groups (broad SMARTS) is 1. The van der Waals surface area contributed by atoms with Crippen molar-refractivity contribution in [3.8, 4) is 5.75 Å². The molecule has 2 heterocycles. The van der Waals surface area contributed by atoms with Gasteiger partial charge in [-0.3, -0.25) is 0 Å². The van der Waals surface area contributed by atoms with Crippen molar-refractivity contribution < 1.29 is 23.8 Å². The van der Waals surface area contributed by atoms with Crippen LogP contribution in [0.5, 0.6) is 5.75 Å². The molecule has 4 aromatic carbocycles. The lowest BCUT2D eigenvalue weighted by Crippen LogP contribution is -2.39. The van der Waals surface area contributed by atoms with Gasteiger partial charge in [0.05, 0.1) is 31.4 Å². The summed E-state index contributed by atoms with van der Waals surface area (Å²) in [5.74, 6) is -2.67. The summed E-state index contributed by atoms with van der Waals surface area (Å²) < 4.78 is 31.3. The van der Waals surface area contributed by atoms with Crippen LogP contribution < -0.4 is 9.64 Å². The number of aromatic nitrogens is 1. The van der Waals surface area contributed by atoms with Crippen molar-refractivity contribution in [2.75, 3.05) is 38.3 Å². The van der Waals surface area contributed by atoms with Gasteiger partial charge in [0.1, 0.15) is 5.75 Å². The van der Waals surface area contributed by atoms with E-state index in [0.29, 0.717) is 60.1 Å². The molecule has 0 spiro atoms. The minimum Gasteiger partial charge on any atom is -0.496 e. The predicted molar refractivity (Wildman–Crippen MR) is 163 cm³/mol. The van der Waals surface area contributed by atoms with Crippen molar-refractivity contribution in [2.45, 2.75) is 12.2 Å². The van der Waals surface area contributed by atoms with Crippen LogP contribution >= 0.6 is 11.6 Å². The monoisotopic (exact) mass is 584 g/mol. The van der Waals surface area contributed by atoms with Gasteiger partial charge in [-0.25, -0.2) is 9.18 Å². The van der Waals surface area contributed by atoms with E-state index in [1.54, 1.807) is 41.0 Å². The Labute approximate surface area is 248 Å². The van der Waals surface area contributed by atoms with Gasteiger partial charge in [-0.05, 0) is 41.5 Å². The third-order valence-corrected chi connectivity index (χ3v) is 8.10. The lowest BCUT2D eigenvalue weighted by molar-refractivity contribution is 0.0696. The van der Waals surface area contributed by atoms with E-state index >= 15 is 4.39 Å². The van der Waals surface area contributed by atoms with Crippen LogP contribution in [0.25, 0.3) is 10.9 Å². The van der Waals surface area contributed by atoms with Crippen molar-refractivity contribution in [3.05, 3.63) is 130 Å². The largest absolute Gasteiger partial charge is 0.496 e. The van der Waals surface area contributed by atoms with Crippen LogP contribution in [0, 0.1) is 0 Å². The predicted octanol–water partition coefficient (Wildman–Crippen LogP) is 7.15. The summed E-state index contributed by atoms with van der Waals surface area (Å²) in [6.45, 7) is 2.48. The molecule has 5 aromatic rings. The minimum atomic E-state index is -2.09. The maximum atomic E-state index is 18.5. The smallest absolute Gasteiger partial charge is 0.335 e. The van der Waals surface area contributed by atoms with E-state index in [1.807, 2.05) is 54.7 Å². The molecule has 1 unspecified atom stereocenters. The first-order chi connectivity index (χ1) is 20.4. The van der Waals surface area contributed by atoms with Crippen molar-refractivity contribution in [1.82, 2.24) is 4.57 Å². The van der Waals surface area contributed by atoms with Gasteiger partial charge in [0.25, 0.3) is 0 Å². The summed E-state index contributed by atoms with van der Waals surface area (Å²) in [5.41, 5.74) is 4.23. The molecule has 0 amide bonds. The quantitative estimate of drug-likeness (QED) is 0.210. The highest BCUT2D eigenvalue weighted by Gasteiger charge is 2.40. The summed E-state index contributed by atoms with van der Waals surface area (Å²) in [5, 5.41) is 10.8. The van der Waals surface area contributed by atoms with Crippen LogP contribution in [0.15, 0.2) is 97.2 Å². The summed E-state index contributed by atoms with van der Waals surface area (Å²) in [6.07, 6.45) is 2.23. The topological polar surface area (TPSA) is 63.9 Å². The second-order valence-corrected chi connectivity index (χ2v) is 10.7. The highest BCUT2D eigenvalue weighted by molar-refractivity contribution is 6.31. The first-order valence-corrected chi connectivity index (χ1v) is 14.1. The number of carboxylic acids is 1. The number of halogens is 2. The van der Waals surface area contributed by atoms with E-state index in [9.17, 15) is 9.90 Å². The minimum absolute atomic E-state index is 0.136. The van der Waals surface area contributed by atoms with Crippen molar-refractivity contribution in [1.29, 1.82) is 0 Å². The zero-order valence-corrected chi connectivity index (χ0v) is 23.9. The molecule has 8 heteroatoms. The molecule has 1 aliphatic heterocycles. The average molecular weight is 585 g/mol. The van der Waals surface area contributed by atoms with Crippen LogP contribution in [-0.2, 0) is 17.0 Å². The van der Waals surface area contributed by atoms with Gasteiger partial charge in [-0.1, -0.05) is 72.3 Å². The van der Waals surface area contributed by atoms with Gasteiger partial charge in [0, 0.05) is 52.9 Å². The highest BCUT2D eigenvalue weighted by Crippen LogP contribution is 2.44. The van der Waals surface area contributed by atoms with Gasteiger partial charge >= 0.3 is 5.97 Å². The van der Waals surface area contributed by atoms with Crippen molar-refractivity contribution in [3.63, 3.8) is 0 Å². The Morgan fingerprint density at radius 2 is 1.71 bits per heavy atom. The Morgan fingerprint density at radius 3 is 2.45 bits per heavy atom. The molecule has 1 atom stereocenters. The number of para-hydroxylation sites is 1. The van der Waals surface area contributed by atoms with E-state index in [2.05, 4.69) is 4.90 Å². The van der Waals surface area contributed by atoms with Crippen molar-refractivity contribution >= 4 is 34.2 Å². The number of ether oxygens (including phenoxy) is 2. The molecule has 1 saturated heterocycles. The maximum Gasteiger partial charge on any atom is 0.335 e. The molecule has 6 nitrogen and oxygen atoms in total. The number of morpholine rings is 1. The lowest BCUT2D eigenvalue weighted by atomic mass is 9.93. The molecule has 0 radical (unpaired) electrons. The number of anilines is 1. The normalized spacial score (nSPS) is 15.0. The molecule has 1 fully saturated rings.